The molecule has 0 aliphatic carbocycles. The Morgan fingerprint density at radius 3 is 2.61 bits per heavy atom. The van der Waals surface area contributed by atoms with Gasteiger partial charge in [0.05, 0.1) is 7.11 Å². The second-order valence-electron chi connectivity index (χ2n) is 3.95. The van der Waals surface area contributed by atoms with Crippen molar-refractivity contribution in [3.63, 3.8) is 0 Å². The number of aliphatic hydroxyl groups excluding tert-OH is 1. The minimum Gasteiger partial charge on any atom is -0.467 e. The van der Waals surface area contributed by atoms with Crippen molar-refractivity contribution in [1.29, 1.82) is 0 Å². The second-order valence-corrected chi connectivity index (χ2v) is 3.95. The molecule has 7 heteroatoms. The van der Waals surface area contributed by atoms with E-state index in [0.717, 1.165) is 13.0 Å². The summed E-state index contributed by atoms with van der Waals surface area (Å²) < 4.78 is 5.03. The smallest absolute Gasteiger partial charge is 0.322 e. The van der Waals surface area contributed by atoms with Crippen LogP contribution in [0.3, 0.4) is 0 Å². The molecule has 0 aliphatic heterocycles. The van der Waals surface area contributed by atoms with Crippen LogP contribution < -0.4 is 15.4 Å². The number of aliphatic hydroxyl groups is 1. The van der Waals surface area contributed by atoms with Gasteiger partial charge in [0.15, 0.2) is 0 Å². The number of anilines is 2. The zero-order valence-electron chi connectivity index (χ0n) is 11.1. The molecule has 1 unspecified atom stereocenters. The predicted molar refractivity (Wildman–Crippen MR) is 69.9 cm³/mol. The number of methoxy groups -OCH3 is 1. The zero-order chi connectivity index (χ0) is 13.4. The van der Waals surface area contributed by atoms with Crippen molar-refractivity contribution < 1.29 is 9.84 Å². The molecule has 18 heavy (non-hydrogen) atoms. The Kier molecular flexibility index (Phi) is 6.13. The standard InChI is InChI=1S/C11H21N5O2/c1-4-6-12-9-14-10(13-8(2)5-7-17)16-11(15-9)18-3/h8,17H,4-7H2,1-3H3,(H2,12,13,14,15,16). The van der Waals surface area contributed by atoms with Crippen LogP contribution in [0.4, 0.5) is 11.9 Å². The van der Waals surface area contributed by atoms with Gasteiger partial charge in [-0.05, 0) is 19.8 Å². The van der Waals surface area contributed by atoms with Crippen LogP contribution in [0.1, 0.15) is 26.7 Å². The maximum Gasteiger partial charge on any atom is 0.322 e. The first-order valence-electron chi connectivity index (χ1n) is 6.11. The van der Waals surface area contributed by atoms with E-state index >= 15 is 0 Å². The van der Waals surface area contributed by atoms with Gasteiger partial charge >= 0.3 is 6.01 Å². The van der Waals surface area contributed by atoms with Crippen molar-refractivity contribution in [2.45, 2.75) is 32.7 Å². The molecular formula is C11H21N5O2. The van der Waals surface area contributed by atoms with E-state index in [9.17, 15) is 0 Å². The van der Waals surface area contributed by atoms with Gasteiger partial charge in [0.1, 0.15) is 0 Å². The van der Waals surface area contributed by atoms with E-state index in [2.05, 4.69) is 32.5 Å². The van der Waals surface area contributed by atoms with Crippen molar-refractivity contribution in [1.82, 2.24) is 15.0 Å². The molecule has 0 radical (unpaired) electrons. The van der Waals surface area contributed by atoms with Gasteiger partial charge in [-0.25, -0.2) is 0 Å². The summed E-state index contributed by atoms with van der Waals surface area (Å²) in [6.07, 6.45) is 1.61. The lowest BCUT2D eigenvalue weighted by molar-refractivity contribution is 0.282. The summed E-state index contributed by atoms with van der Waals surface area (Å²) in [5, 5.41) is 15.0. The quantitative estimate of drug-likeness (QED) is 0.635. The van der Waals surface area contributed by atoms with E-state index in [4.69, 9.17) is 9.84 Å². The van der Waals surface area contributed by atoms with Gasteiger partial charge in [0.25, 0.3) is 0 Å². The molecule has 0 saturated heterocycles. The molecule has 7 nitrogen and oxygen atoms in total. The molecule has 0 fully saturated rings. The van der Waals surface area contributed by atoms with Gasteiger partial charge in [-0.3, -0.25) is 0 Å². The van der Waals surface area contributed by atoms with Crippen LogP contribution in [0.5, 0.6) is 6.01 Å². The number of hydrogen-bond acceptors (Lipinski definition) is 7. The summed E-state index contributed by atoms with van der Waals surface area (Å²) in [4.78, 5) is 12.4. The summed E-state index contributed by atoms with van der Waals surface area (Å²) in [6, 6.07) is 0.350. The molecule has 1 atom stereocenters. The van der Waals surface area contributed by atoms with E-state index in [0.29, 0.717) is 18.3 Å². The predicted octanol–water partition coefficient (Wildman–Crippen LogP) is 0.885. The van der Waals surface area contributed by atoms with Crippen molar-refractivity contribution in [3.05, 3.63) is 0 Å². The average molecular weight is 255 g/mol. The molecule has 0 aromatic carbocycles. The molecule has 0 spiro atoms. The van der Waals surface area contributed by atoms with Crippen LogP contribution >= 0.6 is 0 Å². The number of rotatable bonds is 8. The Hall–Kier alpha value is -1.63. The van der Waals surface area contributed by atoms with E-state index < -0.39 is 0 Å². The molecule has 1 rings (SSSR count). The first-order chi connectivity index (χ1) is 8.69. The van der Waals surface area contributed by atoms with Gasteiger partial charge in [0.2, 0.25) is 11.9 Å². The summed E-state index contributed by atoms with van der Waals surface area (Å²) in [6.45, 7) is 4.93. The fourth-order valence-electron chi connectivity index (χ4n) is 1.31. The maximum atomic E-state index is 8.86. The fourth-order valence-corrected chi connectivity index (χ4v) is 1.31. The first kappa shape index (κ1) is 14.4. The van der Waals surface area contributed by atoms with Crippen LogP contribution in [-0.4, -0.2) is 46.4 Å². The van der Waals surface area contributed by atoms with Gasteiger partial charge < -0.3 is 20.5 Å². The fraction of sp³-hybridized carbons (Fsp3) is 0.727. The third-order valence-corrected chi connectivity index (χ3v) is 2.27. The highest BCUT2D eigenvalue weighted by atomic mass is 16.5. The van der Waals surface area contributed by atoms with Crippen molar-refractivity contribution in [2.24, 2.45) is 0 Å². The Labute approximate surface area is 107 Å². The van der Waals surface area contributed by atoms with Crippen molar-refractivity contribution >= 4 is 11.9 Å². The first-order valence-corrected chi connectivity index (χ1v) is 6.11. The number of ether oxygens (including phenoxy) is 1. The number of nitrogens with zero attached hydrogens (tertiary/aromatic N) is 3. The van der Waals surface area contributed by atoms with Crippen LogP contribution in [0.25, 0.3) is 0 Å². The van der Waals surface area contributed by atoms with Gasteiger partial charge in [0, 0.05) is 19.2 Å². The minimum atomic E-state index is 0.0844. The van der Waals surface area contributed by atoms with E-state index in [1.54, 1.807) is 0 Å². The monoisotopic (exact) mass is 255 g/mol. The van der Waals surface area contributed by atoms with Crippen LogP contribution in [0.15, 0.2) is 0 Å². The van der Waals surface area contributed by atoms with Crippen LogP contribution in [0, 0.1) is 0 Å². The molecule has 1 aromatic heterocycles. The third-order valence-electron chi connectivity index (χ3n) is 2.27. The molecule has 1 aromatic rings. The number of aromatic nitrogens is 3. The second kappa shape index (κ2) is 7.65. The van der Waals surface area contributed by atoms with Crippen molar-refractivity contribution in [2.75, 3.05) is 30.9 Å². The van der Waals surface area contributed by atoms with Crippen LogP contribution in [0.2, 0.25) is 0 Å². The summed E-state index contributed by atoms with van der Waals surface area (Å²) >= 11 is 0. The molecule has 102 valence electrons. The summed E-state index contributed by atoms with van der Waals surface area (Å²) in [5.41, 5.74) is 0. The SMILES string of the molecule is CCCNc1nc(NC(C)CCO)nc(OC)n1. The molecule has 0 aliphatic rings. The van der Waals surface area contributed by atoms with Crippen LogP contribution in [-0.2, 0) is 0 Å². The highest BCUT2D eigenvalue weighted by Gasteiger charge is 2.08. The van der Waals surface area contributed by atoms with E-state index in [-0.39, 0.29) is 18.7 Å². The largest absolute Gasteiger partial charge is 0.467 e. The molecule has 0 bridgehead atoms. The Balaban J connectivity index is 2.76. The van der Waals surface area contributed by atoms with E-state index in [1.807, 2.05) is 6.92 Å². The topological polar surface area (TPSA) is 92.2 Å². The zero-order valence-corrected chi connectivity index (χ0v) is 11.1. The average Bonchev–Trinajstić information content (AvgIpc) is 2.36. The number of hydrogen-bond donors (Lipinski definition) is 3. The van der Waals surface area contributed by atoms with Gasteiger partial charge in [-0.1, -0.05) is 6.92 Å². The van der Waals surface area contributed by atoms with Gasteiger partial charge in [-0.15, -0.1) is 0 Å². The molecular weight excluding hydrogens is 234 g/mol. The highest BCUT2D eigenvalue weighted by molar-refractivity contribution is 5.36. The highest BCUT2D eigenvalue weighted by Crippen LogP contribution is 2.12. The minimum absolute atomic E-state index is 0.0844. The van der Waals surface area contributed by atoms with Gasteiger partial charge in [-0.2, -0.15) is 15.0 Å². The molecule has 0 saturated carbocycles. The lowest BCUT2D eigenvalue weighted by Gasteiger charge is -2.13. The summed E-state index contributed by atoms with van der Waals surface area (Å²) in [7, 11) is 1.51. The maximum absolute atomic E-state index is 8.86. The van der Waals surface area contributed by atoms with Crippen molar-refractivity contribution in [3.8, 4) is 6.01 Å². The normalized spacial score (nSPS) is 12.0. The lowest BCUT2D eigenvalue weighted by atomic mass is 10.2. The molecule has 1 heterocycles. The Bertz CT molecular complexity index is 361. The Morgan fingerprint density at radius 1 is 1.28 bits per heavy atom. The lowest BCUT2D eigenvalue weighted by Crippen LogP contribution is -2.19. The number of nitrogens with one attached hydrogen (secondary N) is 2. The Morgan fingerprint density at radius 2 is 2.00 bits per heavy atom. The molecule has 3 N–H and O–H groups in total. The van der Waals surface area contributed by atoms with E-state index in [1.165, 1.54) is 7.11 Å². The third kappa shape index (κ3) is 4.70. The molecule has 0 amide bonds. The summed E-state index contributed by atoms with van der Waals surface area (Å²) in [5.74, 6) is 0.934.